The second-order valence-corrected chi connectivity index (χ2v) is 4.55. The first kappa shape index (κ1) is 13.7. The van der Waals surface area contributed by atoms with Gasteiger partial charge in [0.25, 0.3) is 0 Å². The molecule has 96 valence electrons. The van der Waals surface area contributed by atoms with E-state index in [-0.39, 0.29) is 11.8 Å². The Kier molecular flexibility index (Phi) is 3.91. The third kappa shape index (κ3) is 1.94. The zero-order valence-corrected chi connectivity index (χ0v) is 10.9. The van der Waals surface area contributed by atoms with Crippen LogP contribution in [0.4, 0.5) is 4.79 Å². The number of hydrogen-bond acceptors (Lipinski definition) is 3. The van der Waals surface area contributed by atoms with E-state index >= 15 is 0 Å². The van der Waals surface area contributed by atoms with Crippen LogP contribution in [0.15, 0.2) is 0 Å². The maximum absolute atomic E-state index is 12.2. The Morgan fingerprint density at radius 2 is 1.47 bits per heavy atom. The number of urea groups is 1. The molecule has 0 aliphatic carbocycles. The molecule has 0 saturated carbocycles. The van der Waals surface area contributed by atoms with Gasteiger partial charge in [0.05, 0.1) is 0 Å². The van der Waals surface area contributed by atoms with Gasteiger partial charge < -0.3 is 0 Å². The van der Waals surface area contributed by atoms with Crippen LogP contribution in [-0.2, 0) is 9.59 Å². The van der Waals surface area contributed by atoms with Crippen LogP contribution in [0.25, 0.3) is 0 Å². The van der Waals surface area contributed by atoms with Crippen molar-refractivity contribution in [2.75, 3.05) is 14.1 Å². The summed E-state index contributed by atoms with van der Waals surface area (Å²) in [6.07, 6.45) is 2.68. The molecule has 0 spiro atoms. The summed E-state index contributed by atoms with van der Waals surface area (Å²) in [5, 5.41) is 0. The number of imide groups is 2. The van der Waals surface area contributed by atoms with E-state index in [0.717, 1.165) is 22.6 Å². The highest BCUT2D eigenvalue weighted by Crippen LogP contribution is 2.36. The van der Waals surface area contributed by atoms with E-state index in [1.807, 2.05) is 13.8 Å². The van der Waals surface area contributed by atoms with Gasteiger partial charge in [-0.1, -0.05) is 26.7 Å². The lowest BCUT2D eigenvalue weighted by atomic mass is 9.76. The fourth-order valence-electron chi connectivity index (χ4n) is 2.30. The molecule has 1 fully saturated rings. The van der Waals surface area contributed by atoms with E-state index in [4.69, 9.17) is 0 Å². The van der Waals surface area contributed by atoms with E-state index in [1.54, 1.807) is 0 Å². The molecule has 5 nitrogen and oxygen atoms in total. The number of barbiturate groups is 1. The molecule has 1 rings (SSSR count). The third-order valence-corrected chi connectivity index (χ3v) is 3.56. The maximum Gasteiger partial charge on any atom is 0.332 e. The highest BCUT2D eigenvalue weighted by molar-refractivity contribution is 6.18. The third-order valence-electron chi connectivity index (χ3n) is 3.56. The number of hydrogen-bond donors (Lipinski definition) is 0. The van der Waals surface area contributed by atoms with Crippen molar-refractivity contribution in [1.82, 2.24) is 9.80 Å². The average molecular weight is 240 g/mol. The topological polar surface area (TPSA) is 57.7 Å². The molecule has 0 radical (unpaired) electrons. The van der Waals surface area contributed by atoms with Crippen molar-refractivity contribution in [2.24, 2.45) is 5.41 Å². The fraction of sp³-hybridized carbons (Fsp3) is 0.750. The predicted molar refractivity (Wildman–Crippen MR) is 63.2 cm³/mol. The van der Waals surface area contributed by atoms with Crippen LogP contribution in [0.5, 0.6) is 0 Å². The monoisotopic (exact) mass is 240 g/mol. The fourth-order valence-corrected chi connectivity index (χ4v) is 2.30. The lowest BCUT2D eigenvalue weighted by Gasteiger charge is -2.41. The summed E-state index contributed by atoms with van der Waals surface area (Å²) in [4.78, 5) is 38.2. The average Bonchev–Trinajstić information content (AvgIpc) is 2.35. The van der Waals surface area contributed by atoms with Gasteiger partial charge in [-0.2, -0.15) is 0 Å². The van der Waals surface area contributed by atoms with Crippen LogP contribution in [-0.4, -0.2) is 41.7 Å². The number of rotatable bonds is 4. The summed E-state index contributed by atoms with van der Waals surface area (Å²) in [6.45, 7) is 3.84. The normalized spacial score (nSPS) is 20.1. The van der Waals surface area contributed by atoms with Gasteiger partial charge in [-0.25, -0.2) is 4.79 Å². The van der Waals surface area contributed by atoms with Crippen molar-refractivity contribution < 1.29 is 14.4 Å². The van der Waals surface area contributed by atoms with Crippen molar-refractivity contribution >= 4 is 17.8 Å². The van der Waals surface area contributed by atoms with E-state index in [0.29, 0.717) is 12.8 Å². The van der Waals surface area contributed by atoms with Crippen molar-refractivity contribution in [3.05, 3.63) is 0 Å². The molecular formula is C12H20N2O3. The van der Waals surface area contributed by atoms with Gasteiger partial charge in [0.2, 0.25) is 11.8 Å². The molecule has 0 unspecified atom stereocenters. The molecular weight excluding hydrogens is 220 g/mol. The summed E-state index contributed by atoms with van der Waals surface area (Å²) in [6, 6.07) is -0.541. The van der Waals surface area contributed by atoms with Gasteiger partial charge in [-0.3, -0.25) is 19.4 Å². The molecule has 0 atom stereocenters. The van der Waals surface area contributed by atoms with Gasteiger partial charge >= 0.3 is 6.03 Å². The molecule has 0 bridgehead atoms. The second-order valence-electron chi connectivity index (χ2n) is 4.55. The first-order valence-corrected chi connectivity index (χ1v) is 6.02. The van der Waals surface area contributed by atoms with Crippen molar-refractivity contribution in [3.8, 4) is 0 Å². The Balaban J connectivity index is 3.13. The standard InChI is InChI=1S/C12H20N2O3/c1-5-7-8-12(6-2)9(15)13(3)11(17)14(4)10(12)16/h5-8H2,1-4H3. The molecule has 0 aromatic heterocycles. The smallest absolute Gasteiger partial charge is 0.273 e. The minimum absolute atomic E-state index is 0.360. The summed E-state index contributed by atoms with van der Waals surface area (Å²) >= 11 is 0. The molecule has 1 heterocycles. The van der Waals surface area contributed by atoms with E-state index in [1.165, 1.54) is 14.1 Å². The van der Waals surface area contributed by atoms with Gasteiger partial charge in [-0.05, 0) is 12.8 Å². The molecule has 17 heavy (non-hydrogen) atoms. The minimum Gasteiger partial charge on any atom is -0.273 e. The van der Waals surface area contributed by atoms with Crippen molar-refractivity contribution in [3.63, 3.8) is 0 Å². The summed E-state index contributed by atoms with van der Waals surface area (Å²) in [5.41, 5.74) is -1.03. The second kappa shape index (κ2) is 4.85. The minimum atomic E-state index is -1.03. The van der Waals surface area contributed by atoms with Crippen molar-refractivity contribution in [1.29, 1.82) is 0 Å². The van der Waals surface area contributed by atoms with E-state index in [2.05, 4.69) is 0 Å². The highest BCUT2D eigenvalue weighted by Gasteiger charge is 2.53. The molecule has 1 saturated heterocycles. The Bertz CT molecular complexity index is 328. The van der Waals surface area contributed by atoms with Gasteiger partial charge in [0.1, 0.15) is 5.41 Å². The summed E-state index contributed by atoms with van der Waals surface area (Å²) in [7, 11) is 2.87. The highest BCUT2D eigenvalue weighted by atomic mass is 16.2. The number of unbranched alkanes of at least 4 members (excludes halogenated alkanes) is 1. The van der Waals surface area contributed by atoms with Gasteiger partial charge in [-0.15, -0.1) is 0 Å². The van der Waals surface area contributed by atoms with Crippen LogP contribution in [0, 0.1) is 5.41 Å². The number of amides is 4. The lowest BCUT2D eigenvalue weighted by molar-refractivity contribution is -0.158. The van der Waals surface area contributed by atoms with Crippen LogP contribution >= 0.6 is 0 Å². The lowest BCUT2D eigenvalue weighted by Crippen LogP contribution is -2.62. The summed E-state index contributed by atoms with van der Waals surface area (Å²) in [5.74, 6) is -0.719. The quantitative estimate of drug-likeness (QED) is 0.702. The molecule has 5 heteroatoms. The Labute approximate surface area is 102 Å². The molecule has 1 aliphatic rings. The van der Waals surface area contributed by atoms with E-state index in [9.17, 15) is 14.4 Å². The molecule has 0 aromatic carbocycles. The number of carbonyl (C=O) groups excluding carboxylic acids is 3. The Hall–Kier alpha value is -1.39. The molecule has 0 aromatic rings. The predicted octanol–water partition coefficient (Wildman–Crippen LogP) is 1.62. The zero-order chi connectivity index (χ0) is 13.2. The van der Waals surface area contributed by atoms with Crippen LogP contribution in [0.1, 0.15) is 39.5 Å². The Morgan fingerprint density at radius 3 is 1.82 bits per heavy atom. The maximum atomic E-state index is 12.2. The summed E-state index contributed by atoms with van der Waals surface area (Å²) < 4.78 is 0. The number of nitrogens with zero attached hydrogens (tertiary/aromatic N) is 2. The van der Waals surface area contributed by atoms with Crippen LogP contribution < -0.4 is 0 Å². The zero-order valence-electron chi connectivity index (χ0n) is 10.9. The van der Waals surface area contributed by atoms with E-state index < -0.39 is 11.4 Å². The molecule has 1 aliphatic heterocycles. The first-order valence-electron chi connectivity index (χ1n) is 6.02. The number of carbonyl (C=O) groups is 3. The largest absolute Gasteiger partial charge is 0.332 e. The first-order chi connectivity index (χ1) is 7.92. The Morgan fingerprint density at radius 1 is 1.00 bits per heavy atom. The molecule has 0 N–H and O–H groups in total. The van der Waals surface area contributed by atoms with Crippen molar-refractivity contribution in [2.45, 2.75) is 39.5 Å². The van der Waals surface area contributed by atoms with Crippen LogP contribution in [0.2, 0.25) is 0 Å². The SMILES string of the molecule is CCCCC1(CC)C(=O)N(C)C(=O)N(C)C1=O. The van der Waals surface area contributed by atoms with Gasteiger partial charge in [0.15, 0.2) is 0 Å². The van der Waals surface area contributed by atoms with Gasteiger partial charge in [0, 0.05) is 14.1 Å². The van der Waals surface area contributed by atoms with Crippen LogP contribution in [0.3, 0.4) is 0 Å². The molecule has 4 amide bonds.